The van der Waals surface area contributed by atoms with Crippen LogP contribution in [-0.4, -0.2) is 32.9 Å². The third-order valence-corrected chi connectivity index (χ3v) is 10.1. The maximum absolute atomic E-state index is 12.3. The summed E-state index contributed by atoms with van der Waals surface area (Å²) in [5.74, 6) is 0.0688. The van der Waals surface area contributed by atoms with Crippen molar-refractivity contribution < 1.29 is 9.90 Å². The molecule has 5 N–H and O–H groups in total. The summed E-state index contributed by atoms with van der Waals surface area (Å²) in [6.07, 6.45) is 3.76. The molecule has 218 valence electrons. The average Bonchev–Trinajstić information content (AvgIpc) is 3.82. The van der Waals surface area contributed by atoms with Crippen molar-refractivity contribution >= 4 is 44.7 Å². The maximum Gasteiger partial charge on any atom is 0.152 e. The van der Waals surface area contributed by atoms with Crippen LogP contribution in [-0.2, 0) is 18.4 Å². The Kier molecular flexibility index (Phi) is 6.03. The van der Waals surface area contributed by atoms with Crippen molar-refractivity contribution in [3.8, 4) is 11.1 Å². The monoisotopic (exact) mass is 578 g/mol. The average molecular weight is 579 g/mol. The fourth-order valence-electron chi connectivity index (χ4n) is 7.37. The quantitative estimate of drug-likeness (QED) is 0.123. The molecule has 0 spiro atoms. The minimum atomic E-state index is -0.231. The zero-order valence-corrected chi connectivity index (χ0v) is 24.8. The van der Waals surface area contributed by atoms with Gasteiger partial charge < -0.3 is 25.4 Å². The summed E-state index contributed by atoms with van der Waals surface area (Å²) in [7, 11) is 0. The van der Waals surface area contributed by atoms with Crippen LogP contribution in [0.3, 0.4) is 0 Å². The lowest BCUT2D eigenvalue weighted by Gasteiger charge is -2.32. The largest absolute Gasteiger partial charge is 0.392 e. The van der Waals surface area contributed by atoms with Crippen molar-refractivity contribution in [1.29, 1.82) is 0 Å². The lowest BCUT2D eigenvalue weighted by atomic mass is 9.71. The predicted octanol–water partition coefficient (Wildman–Crippen LogP) is 8.18. The van der Waals surface area contributed by atoms with Crippen LogP contribution >= 0.6 is 0 Å². The van der Waals surface area contributed by atoms with E-state index in [2.05, 4.69) is 94.9 Å². The molecule has 0 saturated carbocycles. The number of H-pyrrole nitrogens is 3. The number of benzene rings is 4. The number of aromatic nitrogens is 3. The lowest BCUT2D eigenvalue weighted by molar-refractivity contribution is 0.112. The lowest BCUT2D eigenvalue weighted by Crippen LogP contribution is -2.31. The first-order valence-corrected chi connectivity index (χ1v) is 15.2. The van der Waals surface area contributed by atoms with E-state index >= 15 is 0 Å². The first-order valence-electron chi connectivity index (χ1n) is 15.2. The van der Waals surface area contributed by atoms with Gasteiger partial charge in [-0.2, -0.15) is 0 Å². The van der Waals surface area contributed by atoms with E-state index in [4.69, 9.17) is 0 Å². The second-order valence-electron chi connectivity index (χ2n) is 12.4. The molecule has 1 aliphatic heterocycles. The number of para-hydroxylation sites is 2. The standard InChI is InChI=1S/C38H34N4O2/c1-22(37-30(20-44)27-8-4-6-10-33(27)42-37)38(2)21-40-35-14-12-24(16-31(35)38)23-11-13-34-28(15-23)29(19-43)36(41-34)17-25-18-39-32-9-5-3-7-26(25)32/h3-16,18,20,22,39-43H,17,19,21H2,1-2H3. The Morgan fingerprint density at radius 3 is 2.41 bits per heavy atom. The summed E-state index contributed by atoms with van der Waals surface area (Å²) < 4.78 is 0. The minimum absolute atomic E-state index is 0.0333. The van der Waals surface area contributed by atoms with Gasteiger partial charge in [-0.15, -0.1) is 0 Å². The van der Waals surface area contributed by atoms with Crippen LogP contribution in [0, 0.1) is 0 Å². The molecule has 6 nitrogen and oxygen atoms in total. The van der Waals surface area contributed by atoms with Crippen LogP contribution in [0.1, 0.15) is 58.2 Å². The molecule has 4 aromatic carbocycles. The summed E-state index contributed by atoms with van der Waals surface area (Å²) >= 11 is 0. The predicted molar refractivity (Wildman–Crippen MR) is 179 cm³/mol. The smallest absolute Gasteiger partial charge is 0.152 e. The first-order chi connectivity index (χ1) is 21.5. The van der Waals surface area contributed by atoms with Gasteiger partial charge in [0.1, 0.15) is 0 Å². The van der Waals surface area contributed by atoms with Crippen LogP contribution in [0.4, 0.5) is 5.69 Å². The third kappa shape index (κ3) is 3.95. The molecular formula is C38H34N4O2. The molecular weight excluding hydrogens is 544 g/mol. The molecule has 7 aromatic rings. The van der Waals surface area contributed by atoms with E-state index in [0.717, 1.165) is 79.5 Å². The number of rotatable bonds is 7. The molecule has 0 fully saturated rings. The number of carbonyl (C=O) groups excluding carboxylic acids is 1. The van der Waals surface area contributed by atoms with Crippen molar-refractivity contribution in [1.82, 2.24) is 15.0 Å². The molecule has 3 aromatic heterocycles. The van der Waals surface area contributed by atoms with Gasteiger partial charge >= 0.3 is 0 Å². The Balaban J connectivity index is 1.17. The number of aromatic amines is 3. The highest BCUT2D eigenvalue weighted by atomic mass is 16.3. The van der Waals surface area contributed by atoms with Crippen LogP contribution in [0.2, 0.25) is 0 Å². The molecule has 1 aliphatic rings. The number of carbonyl (C=O) groups is 1. The fraction of sp³-hybridized carbons (Fsp3) is 0.184. The van der Waals surface area contributed by atoms with E-state index < -0.39 is 0 Å². The van der Waals surface area contributed by atoms with Crippen LogP contribution in [0.15, 0.2) is 91.1 Å². The number of hydrogen-bond donors (Lipinski definition) is 5. The van der Waals surface area contributed by atoms with Gasteiger partial charge in [-0.1, -0.05) is 62.4 Å². The van der Waals surface area contributed by atoms with E-state index in [0.29, 0.717) is 6.42 Å². The number of aldehydes is 1. The normalized spacial score (nSPS) is 16.9. The summed E-state index contributed by atoms with van der Waals surface area (Å²) in [5, 5.41) is 17.4. The molecule has 6 heteroatoms. The van der Waals surface area contributed by atoms with Gasteiger partial charge in [0.15, 0.2) is 6.29 Å². The molecule has 0 bridgehead atoms. The zero-order chi connectivity index (χ0) is 30.0. The molecule has 2 atom stereocenters. The molecule has 8 rings (SSSR count). The molecule has 2 unspecified atom stereocenters. The number of fused-ring (bicyclic) bond motifs is 4. The van der Waals surface area contributed by atoms with Crippen molar-refractivity contribution in [3.63, 3.8) is 0 Å². The van der Waals surface area contributed by atoms with Gasteiger partial charge in [0.2, 0.25) is 0 Å². The van der Waals surface area contributed by atoms with Gasteiger partial charge in [0.25, 0.3) is 0 Å². The van der Waals surface area contributed by atoms with Gasteiger partial charge in [0, 0.05) is 91.4 Å². The van der Waals surface area contributed by atoms with E-state index in [-0.39, 0.29) is 17.9 Å². The summed E-state index contributed by atoms with van der Waals surface area (Å²) in [4.78, 5) is 22.8. The Labute approximate surface area is 255 Å². The van der Waals surface area contributed by atoms with E-state index in [1.165, 1.54) is 16.5 Å². The molecule has 0 saturated heterocycles. The molecule has 4 heterocycles. The topological polar surface area (TPSA) is 96.7 Å². The highest BCUT2D eigenvalue weighted by Gasteiger charge is 2.41. The summed E-state index contributed by atoms with van der Waals surface area (Å²) in [5.41, 5.74) is 12.4. The van der Waals surface area contributed by atoms with Crippen molar-refractivity contribution in [2.24, 2.45) is 0 Å². The number of aliphatic hydroxyl groups is 1. The fourth-order valence-corrected chi connectivity index (χ4v) is 7.37. The highest BCUT2D eigenvalue weighted by molar-refractivity contribution is 5.99. The highest BCUT2D eigenvalue weighted by Crippen LogP contribution is 2.48. The molecule has 44 heavy (non-hydrogen) atoms. The third-order valence-electron chi connectivity index (χ3n) is 10.1. The van der Waals surface area contributed by atoms with Crippen molar-refractivity contribution in [3.05, 3.63) is 125 Å². The summed E-state index contributed by atoms with van der Waals surface area (Å²) in [6, 6.07) is 29.4. The van der Waals surface area contributed by atoms with Gasteiger partial charge in [-0.3, -0.25) is 4.79 Å². The van der Waals surface area contributed by atoms with Crippen molar-refractivity contribution in [2.45, 2.75) is 38.2 Å². The van der Waals surface area contributed by atoms with E-state index in [9.17, 15) is 9.90 Å². The second kappa shape index (κ2) is 10.00. The van der Waals surface area contributed by atoms with Gasteiger partial charge in [0.05, 0.1) is 6.61 Å². The van der Waals surface area contributed by atoms with Gasteiger partial charge in [-0.25, -0.2) is 0 Å². The number of nitrogens with one attached hydrogen (secondary N) is 4. The van der Waals surface area contributed by atoms with Crippen LogP contribution < -0.4 is 5.32 Å². The molecule has 0 aliphatic carbocycles. The Bertz CT molecular complexity index is 2220. The second-order valence-corrected chi connectivity index (χ2v) is 12.4. The first kappa shape index (κ1) is 26.5. The van der Waals surface area contributed by atoms with E-state index in [1.54, 1.807) is 0 Å². The summed E-state index contributed by atoms with van der Waals surface area (Å²) in [6.45, 7) is 5.25. The van der Waals surface area contributed by atoms with E-state index in [1.807, 2.05) is 30.3 Å². The molecule has 0 amide bonds. The minimum Gasteiger partial charge on any atom is -0.392 e. The Morgan fingerprint density at radius 2 is 1.59 bits per heavy atom. The number of anilines is 1. The Hall–Kier alpha value is -5.07. The maximum atomic E-state index is 12.3. The zero-order valence-electron chi connectivity index (χ0n) is 24.8. The van der Waals surface area contributed by atoms with Crippen LogP contribution in [0.25, 0.3) is 43.8 Å². The van der Waals surface area contributed by atoms with Gasteiger partial charge in [-0.05, 0) is 58.7 Å². The SMILES string of the molecule is CC(c1[nH]c2ccccc2c1C=O)C1(C)CNc2ccc(-c3ccc4[nH]c(Cc5c[nH]c6ccccc56)c(CO)c4c3)cc21. The number of aliphatic hydroxyl groups excluding tert-OH is 1. The number of hydrogen-bond acceptors (Lipinski definition) is 3. The van der Waals surface area contributed by atoms with Crippen molar-refractivity contribution in [2.75, 3.05) is 11.9 Å². The molecule has 0 radical (unpaired) electrons. The van der Waals surface area contributed by atoms with Crippen LogP contribution in [0.5, 0.6) is 0 Å². The Morgan fingerprint density at radius 1 is 0.864 bits per heavy atom.